The zero-order valence-corrected chi connectivity index (χ0v) is 37.1. The molecule has 0 saturated carbocycles. The number of aromatic nitrogens is 2. The van der Waals surface area contributed by atoms with Gasteiger partial charge in [0.15, 0.2) is 14.5 Å². The van der Waals surface area contributed by atoms with E-state index in [1.165, 1.54) is 16.8 Å². The molecule has 0 amide bonds. The van der Waals surface area contributed by atoms with E-state index in [-0.39, 0.29) is 16.3 Å². The average Bonchev–Trinajstić information content (AvgIpc) is 3.24. The summed E-state index contributed by atoms with van der Waals surface area (Å²) in [5, 5.41) is 14.4. The Labute approximate surface area is 332 Å². The number of benzene rings is 2. The first-order chi connectivity index (χ1) is 26.3. The smallest absolute Gasteiger partial charge is 0.374 e. The number of hydrogen-bond acceptors (Lipinski definition) is 10. The Balaban J connectivity index is 1.48. The number of nitrogens with one attached hydrogen (secondary N) is 1. The van der Waals surface area contributed by atoms with E-state index in [0.29, 0.717) is 19.6 Å². The summed E-state index contributed by atoms with van der Waals surface area (Å²) < 4.78 is 49.5. The van der Waals surface area contributed by atoms with Crippen LogP contribution < -0.4 is 21.6 Å². The average molecular weight is 828 g/mol. The number of rotatable bonds is 12. The van der Waals surface area contributed by atoms with Gasteiger partial charge in [-0.15, -0.1) is 9.27 Å². The number of ether oxygens (including phenoxy) is 1. The lowest BCUT2D eigenvalue weighted by Gasteiger charge is -2.45. The molecule has 3 aliphatic rings. The molecule has 1 aromatic heterocycles. The first kappa shape index (κ1) is 42.8. The number of H-pyrrole nitrogens is 1. The lowest BCUT2D eigenvalue weighted by atomic mass is 10.1. The van der Waals surface area contributed by atoms with E-state index in [2.05, 4.69) is 70.8 Å². The van der Waals surface area contributed by atoms with Crippen LogP contribution >= 0.6 is 8.25 Å². The molecule has 2 fully saturated rings. The van der Waals surface area contributed by atoms with Crippen molar-refractivity contribution in [1.82, 2.24) is 9.55 Å². The lowest BCUT2D eigenvalue weighted by Crippen LogP contribution is -2.67. The number of nitrogens with zero attached hydrogens (tertiary/aromatic N) is 3. The van der Waals surface area contributed by atoms with Gasteiger partial charge in [0.2, 0.25) is 11.6 Å². The molecule has 13 nitrogen and oxygen atoms in total. The van der Waals surface area contributed by atoms with Gasteiger partial charge in [-0.2, -0.15) is 0 Å². The summed E-state index contributed by atoms with van der Waals surface area (Å²) in [6, 6.07) is 21.3. The molecule has 3 aliphatic heterocycles. The van der Waals surface area contributed by atoms with Gasteiger partial charge in [0.05, 0.1) is 13.2 Å². The normalized spacial score (nSPS) is 26.9. The molecule has 2 N–H and O–H groups in total. The van der Waals surface area contributed by atoms with Crippen LogP contribution in [0.3, 0.4) is 0 Å². The van der Waals surface area contributed by atoms with Crippen LogP contribution in [0.5, 0.6) is 0 Å². The van der Waals surface area contributed by atoms with Gasteiger partial charge in [0, 0.05) is 25.1 Å². The molecule has 16 heteroatoms. The summed E-state index contributed by atoms with van der Waals surface area (Å²) in [6.45, 7) is 18.2. The predicted molar refractivity (Wildman–Crippen MR) is 222 cm³/mol. The highest BCUT2D eigenvalue weighted by atomic mass is 31.1. The number of hydroxylamine groups is 3. The maximum atomic E-state index is 14.5. The summed E-state index contributed by atoms with van der Waals surface area (Å²) >= 11 is 0. The highest BCUT2D eigenvalue weighted by Gasteiger charge is 2.64. The highest BCUT2D eigenvalue weighted by molar-refractivity contribution is 7.33. The Kier molecular flexibility index (Phi) is 12.6. The van der Waals surface area contributed by atoms with Gasteiger partial charge in [0.25, 0.3) is 13.9 Å². The number of fused-ring (bicyclic) bond motifs is 1. The van der Waals surface area contributed by atoms with Gasteiger partial charge in [0.1, 0.15) is 25.3 Å². The molecule has 306 valence electrons. The Morgan fingerprint density at radius 2 is 1.55 bits per heavy atom. The molecular weight excluding hydrogens is 768 g/mol. The fourth-order valence-electron chi connectivity index (χ4n) is 8.03. The highest BCUT2D eigenvalue weighted by Crippen LogP contribution is 2.50. The second kappa shape index (κ2) is 16.4. The van der Waals surface area contributed by atoms with E-state index in [0.717, 1.165) is 48.3 Å². The Morgan fingerprint density at radius 3 is 2.14 bits per heavy atom. The molecular formula is C40H60N4O9PSi2+. The van der Waals surface area contributed by atoms with Crippen LogP contribution in [0.15, 0.2) is 87.5 Å². The second-order valence-corrected chi connectivity index (χ2v) is 27.7. The topological polar surface area (TPSA) is 151 Å². The van der Waals surface area contributed by atoms with Gasteiger partial charge in [-0.25, -0.2) is 9.79 Å². The van der Waals surface area contributed by atoms with Crippen molar-refractivity contribution in [2.45, 2.75) is 121 Å². The molecule has 0 spiro atoms. The molecule has 4 unspecified atom stereocenters. The Morgan fingerprint density at radius 1 is 0.929 bits per heavy atom. The van der Waals surface area contributed by atoms with Crippen molar-refractivity contribution in [3.05, 3.63) is 93.8 Å². The third-order valence-corrected chi connectivity index (χ3v) is 22.5. The van der Waals surface area contributed by atoms with Crippen LogP contribution in [0.25, 0.3) is 0 Å². The van der Waals surface area contributed by atoms with E-state index in [9.17, 15) is 19.3 Å². The molecule has 0 radical (unpaired) electrons. The maximum absolute atomic E-state index is 14.5. The van der Waals surface area contributed by atoms with Gasteiger partial charge >= 0.3 is 13.9 Å². The minimum atomic E-state index is -3.53. The molecule has 0 aliphatic carbocycles. The molecule has 2 saturated heterocycles. The van der Waals surface area contributed by atoms with Crippen molar-refractivity contribution in [3.63, 3.8) is 0 Å². The summed E-state index contributed by atoms with van der Waals surface area (Å²) in [5.41, 5.74) is -1.35. The third kappa shape index (κ3) is 8.35. The third-order valence-electron chi connectivity index (χ3n) is 12.0. The largest absolute Gasteiger partial charge is 0.405 e. The van der Waals surface area contributed by atoms with Crippen molar-refractivity contribution in [2.24, 2.45) is 4.99 Å². The van der Waals surface area contributed by atoms with Crippen molar-refractivity contribution in [3.8, 4) is 0 Å². The quantitative estimate of drug-likeness (QED) is 0.103. The van der Waals surface area contributed by atoms with Gasteiger partial charge in [-0.1, -0.05) is 102 Å². The SMILES string of the molecule is CC(C)(C)[Si](C)(C)OC1[C@@H](n2ccc(=O)[nH]c2=O)O[C@@H](CO[Si](c2ccccc2)(c2ccccc2)C(C)(C)C)C1(O)O[PH](=O)O[N+]12CCCCCC1=NCCC2. The van der Waals surface area contributed by atoms with E-state index in [4.69, 9.17) is 27.7 Å². The van der Waals surface area contributed by atoms with Crippen molar-refractivity contribution in [2.75, 3.05) is 26.2 Å². The van der Waals surface area contributed by atoms with Crippen LogP contribution in [0, 0.1) is 0 Å². The fourth-order valence-corrected chi connectivity index (χ4v) is 15.0. The summed E-state index contributed by atoms with van der Waals surface area (Å²) in [7, 11) is -9.55. The number of hydrogen-bond donors (Lipinski definition) is 2. The zero-order valence-electron chi connectivity index (χ0n) is 34.1. The second-order valence-electron chi connectivity index (χ2n) is 17.8. The minimum Gasteiger partial charge on any atom is -0.405 e. The van der Waals surface area contributed by atoms with Crippen LogP contribution in [0.1, 0.15) is 79.9 Å². The summed E-state index contributed by atoms with van der Waals surface area (Å²) in [5.74, 6) is -1.61. The van der Waals surface area contributed by atoms with E-state index in [1.54, 1.807) is 0 Å². The molecule has 2 aromatic carbocycles. The molecule has 4 heterocycles. The van der Waals surface area contributed by atoms with E-state index in [1.807, 2.05) is 49.5 Å². The van der Waals surface area contributed by atoms with Gasteiger partial charge in [-0.05, 0) is 52.8 Å². The number of aliphatic hydroxyl groups is 1. The molecule has 6 rings (SSSR count). The van der Waals surface area contributed by atoms with Crippen LogP contribution in [0.2, 0.25) is 23.2 Å². The van der Waals surface area contributed by atoms with Crippen LogP contribution in [-0.4, -0.2) is 86.0 Å². The first-order valence-electron chi connectivity index (χ1n) is 19.8. The summed E-state index contributed by atoms with van der Waals surface area (Å²) in [6.07, 6.45) is 1.59. The first-order valence-corrected chi connectivity index (χ1v) is 25.8. The monoisotopic (exact) mass is 827 g/mol. The number of aliphatic imine (C=N–C) groups is 1. The lowest BCUT2D eigenvalue weighted by molar-refractivity contribution is -1.01. The maximum Gasteiger partial charge on any atom is 0.374 e. The number of quaternary nitrogens is 1. The van der Waals surface area contributed by atoms with Crippen molar-refractivity contribution >= 4 is 41.1 Å². The van der Waals surface area contributed by atoms with E-state index >= 15 is 0 Å². The number of aromatic amines is 1. The van der Waals surface area contributed by atoms with Crippen LogP contribution in [0.4, 0.5) is 0 Å². The van der Waals surface area contributed by atoms with Crippen molar-refractivity contribution in [1.29, 1.82) is 0 Å². The predicted octanol–water partition coefficient (Wildman–Crippen LogP) is 5.62. The zero-order chi connectivity index (χ0) is 40.6. The van der Waals surface area contributed by atoms with Gasteiger partial charge in [-0.3, -0.25) is 23.4 Å². The summed E-state index contributed by atoms with van der Waals surface area (Å²) in [4.78, 5) is 32.8. The standard InChI is InChI=1S/C40H59N4O9PSi2/c1-38(2,3)55(7,8)51-35-36(43-26-24-34(45)42-37(43)46)50-32(40(35,47)52-54(48)53-44-27-17-11-16-23-33(44)41-25-18-28-44)29-49-56(39(4,5)6,30-19-12-9-13-20-30)31-21-14-10-15-22-31/h9-10,12-15,19-22,24,26,32,35-36,47,54H,11,16-18,23,25,27-29H2,1-8H3/p+1/t32-,35?,36-,40?,44?/m0/s1. The van der Waals surface area contributed by atoms with E-state index < -0.39 is 65.4 Å². The molecule has 0 bridgehead atoms. The fraction of sp³-hybridized carbons (Fsp3) is 0.575. The van der Waals surface area contributed by atoms with Crippen LogP contribution in [-0.2, 0) is 27.3 Å². The number of amidine groups is 1. The van der Waals surface area contributed by atoms with Crippen molar-refractivity contribution < 1.29 is 37.1 Å². The molecule has 3 aromatic rings. The Hall–Kier alpha value is -2.83. The Bertz CT molecular complexity index is 1960. The molecule has 6 atom stereocenters. The van der Waals surface area contributed by atoms with Gasteiger partial charge < -0.3 is 18.7 Å². The minimum absolute atomic E-state index is 0.00543. The molecule has 56 heavy (non-hydrogen) atoms.